The summed E-state index contributed by atoms with van der Waals surface area (Å²) in [5.74, 6) is 0. The van der Waals surface area contributed by atoms with Crippen LogP contribution in [-0.2, 0) is 0 Å². The monoisotopic (exact) mass is 292 g/mol. The molecule has 1 saturated heterocycles. The molecular weight excluding hydrogens is 268 g/mol. The molecule has 1 spiro atoms. The Morgan fingerprint density at radius 1 is 1.25 bits per heavy atom. The standard InChI is InChI=1S/C17H25ClN2/c1-13-11-19-17(9-3-4-10-17)12-20(13)14(2)15-5-7-16(18)8-6-15/h5-8,13-14,19H,3-4,9-12H2,1-2H3. The smallest absolute Gasteiger partial charge is 0.0406 e. The van der Waals surface area contributed by atoms with Crippen molar-refractivity contribution in [1.82, 2.24) is 10.2 Å². The Morgan fingerprint density at radius 2 is 1.90 bits per heavy atom. The molecule has 2 atom stereocenters. The highest BCUT2D eigenvalue weighted by Gasteiger charge is 2.41. The van der Waals surface area contributed by atoms with Gasteiger partial charge in [0.2, 0.25) is 0 Å². The van der Waals surface area contributed by atoms with Crippen molar-refractivity contribution in [3.63, 3.8) is 0 Å². The van der Waals surface area contributed by atoms with Crippen molar-refractivity contribution in [3.8, 4) is 0 Å². The highest BCUT2D eigenvalue weighted by molar-refractivity contribution is 6.30. The van der Waals surface area contributed by atoms with E-state index in [1.165, 1.54) is 37.8 Å². The SMILES string of the molecule is CC1CNC2(CCCC2)CN1C(C)c1ccc(Cl)cc1. The summed E-state index contributed by atoms with van der Waals surface area (Å²) in [6.45, 7) is 6.95. The first-order valence-electron chi connectivity index (χ1n) is 7.86. The zero-order valence-electron chi connectivity index (χ0n) is 12.5. The van der Waals surface area contributed by atoms with Crippen LogP contribution in [0.15, 0.2) is 24.3 Å². The molecule has 0 aromatic heterocycles. The van der Waals surface area contributed by atoms with Crippen LogP contribution in [0.25, 0.3) is 0 Å². The number of rotatable bonds is 2. The van der Waals surface area contributed by atoms with Crippen LogP contribution in [-0.4, -0.2) is 29.6 Å². The number of nitrogens with zero attached hydrogens (tertiary/aromatic N) is 1. The van der Waals surface area contributed by atoms with Gasteiger partial charge in [-0.1, -0.05) is 36.6 Å². The van der Waals surface area contributed by atoms with Crippen LogP contribution in [0.2, 0.25) is 5.02 Å². The molecule has 0 amide bonds. The summed E-state index contributed by atoms with van der Waals surface area (Å²) in [4.78, 5) is 2.67. The molecule has 2 aliphatic rings. The summed E-state index contributed by atoms with van der Waals surface area (Å²) < 4.78 is 0. The third-order valence-corrected chi connectivity index (χ3v) is 5.49. The van der Waals surface area contributed by atoms with E-state index in [2.05, 4.69) is 36.2 Å². The van der Waals surface area contributed by atoms with Crippen molar-refractivity contribution in [3.05, 3.63) is 34.9 Å². The van der Waals surface area contributed by atoms with E-state index in [1.54, 1.807) is 0 Å². The lowest BCUT2D eigenvalue weighted by atomic mass is 9.90. The average molecular weight is 293 g/mol. The molecule has 2 nitrogen and oxygen atoms in total. The van der Waals surface area contributed by atoms with Gasteiger partial charge in [0, 0.05) is 35.7 Å². The molecule has 0 bridgehead atoms. The van der Waals surface area contributed by atoms with Gasteiger partial charge in [0.25, 0.3) is 0 Å². The Morgan fingerprint density at radius 3 is 2.55 bits per heavy atom. The average Bonchev–Trinajstić information content (AvgIpc) is 2.90. The molecule has 110 valence electrons. The van der Waals surface area contributed by atoms with E-state index in [4.69, 9.17) is 11.6 Å². The normalized spacial score (nSPS) is 27.9. The number of hydrogen-bond acceptors (Lipinski definition) is 2. The maximum absolute atomic E-state index is 6.01. The minimum atomic E-state index is 0.382. The summed E-state index contributed by atoms with van der Waals surface area (Å²) in [5.41, 5.74) is 1.75. The van der Waals surface area contributed by atoms with Crippen LogP contribution >= 0.6 is 11.6 Å². The van der Waals surface area contributed by atoms with E-state index >= 15 is 0 Å². The van der Waals surface area contributed by atoms with Gasteiger partial charge in [-0.25, -0.2) is 0 Å². The molecule has 3 rings (SSSR count). The van der Waals surface area contributed by atoms with Crippen LogP contribution in [0, 0.1) is 0 Å². The van der Waals surface area contributed by atoms with E-state index in [0.29, 0.717) is 17.6 Å². The van der Waals surface area contributed by atoms with Gasteiger partial charge >= 0.3 is 0 Å². The maximum Gasteiger partial charge on any atom is 0.0406 e. The van der Waals surface area contributed by atoms with Crippen molar-refractivity contribution < 1.29 is 0 Å². The number of hydrogen-bond donors (Lipinski definition) is 1. The predicted molar refractivity (Wildman–Crippen MR) is 85.2 cm³/mol. The number of piperazine rings is 1. The molecule has 1 saturated carbocycles. The quantitative estimate of drug-likeness (QED) is 0.886. The summed E-state index contributed by atoms with van der Waals surface area (Å²) in [6, 6.07) is 9.40. The Kier molecular flexibility index (Phi) is 4.07. The largest absolute Gasteiger partial charge is 0.308 e. The zero-order chi connectivity index (χ0) is 14.2. The Bertz CT molecular complexity index is 451. The summed E-state index contributed by atoms with van der Waals surface area (Å²) in [6.07, 6.45) is 5.43. The fourth-order valence-corrected chi connectivity index (χ4v) is 4.01. The van der Waals surface area contributed by atoms with E-state index in [-0.39, 0.29) is 0 Å². The number of nitrogens with one attached hydrogen (secondary N) is 1. The second kappa shape index (κ2) is 5.67. The molecule has 1 N–H and O–H groups in total. The first kappa shape index (κ1) is 14.4. The van der Waals surface area contributed by atoms with Crippen molar-refractivity contribution in [2.45, 2.75) is 57.2 Å². The topological polar surface area (TPSA) is 15.3 Å². The van der Waals surface area contributed by atoms with Gasteiger partial charge in [0.15, 0.2) is 0 Å². The zero-order valence-corrected chi connectivity index (χ0v) is 13.3. The lowest BCUT2D eigenvalue weighted by molar-refractivity contribution is 0.0563. The summed E-state index contributed by atoms with van der Waals surface area (Å²) in [7, 11) is 0. The number of halogens is 1. The third kappa shape index (κ3) is 2.74. The molecule has 20 heavy (non-hydrogen) atoms. The lowest BCUT2D eigenvalue weighted by Gasteiger charge is -2.48. The van der Waals surface area contributed by atoms with Gasteiger partial charge in [0.05, 0.1) is 0 Å². The predicted octanol–water partition coefficient (Wildman–Crippen LogP) is 4.01. The summed E-state index contributed by atoms with van der Waals surface area (Å²) in [5, 5.41) is 4.65. The Labute approximate surface area is 127 Å². The van der Waals surface area contributed by atoms with Crippen LogP contribution in [0.5, 0.6) is 0 Å². The van der Waals surface area contributed by atoms with Gasteiger partial charge in [0.1, 0.15) is 0 Å². The van der Waals surface area contributed by atoms with E-state index in [0.717, 1.165) is 11.6 Å². The fourth-order valence-electron chi connectivity index (χ4n) is 3.88. The van der Waals surface area contributed by atoms with E-state index in [1.807, 2.05) is 12.1 Å². The van der Waals surface area contributed by atoms with E-state index in [9.17, 15) is 0 Å². The van der Waals surface area contributed by atoms with Crippen LogP contribution in [0.3, 0.4) is 0 Å². The molecule has 1 aromatic carbocycles. The minimum Gasteiger partial charge on any atom is -0.308 e. The molecule has 2 unspecified atom stereocenters. The third-order valence-electron chi connectivity index (χ3n) is 5.23. The second-order valence-electron chi connectivity index (χ2n) is 6.62. The molecule has 1 aliphatic carbocycles. The van der Waals surface area contributed by atoms with Crippen molar-refractivity contribution in [2.75, 3.05) is 13.1 Å². The van der Waals surface area contributed by atoms with Crippen LogP contribution in [0.1, 0.15) is 51.1 Å². The van der Waals surface area contributed by atoms with Gasteiger partial charge < -0.3 is 5.32 Å². The molecule has 0 radical (unpaired) electrons. The highest BCUT2D eigenvalue weighted by Crippen LogP contribution is 2.36. The van der Waals surface area contributed by atoms with Gasteiger partial charge in [-0.2, -0.15) is 0 Å². The van der Waals surface area contributed by atoms with Crippen molar-refractivity contribution in [1.29, 1.82) is 0 Å². The van der Waals surface area contributed by atoms with Gasteiger partial charge in [-0.3, -0.25) is 4.90 Å². The molecule has 2 fully saturated rings. The van der Waals surface area contributed by atoms with Gasteiger partial charge in [-0.15, -0.1) is 0 Å². The molecule has 3 heteroatoms. The van der Waals surface area contributed by atoms with Crippen LogP contribution < -0.4 is 5.32 Å². The minimum absolute atomic E-state index is 0.382. The fraction of sp³-hybridized carbons (Fsp3) is 0.647. The molecule has 1 aliphatic heterocycles. The Hall–Kier alpha value is -0.570. The van der Waals surface area contributed by atoms with Crippen LogP contribution in [0.4, 0.5) is 0 Å². The Balaban J connectivity index is 1.78. The highest BCUT2D eigenvalue weighted by atomic mass is 35.5. The van der Waals surface area contributed by atoms with Crippen molar-refractivity contribution in [2.24, 2.45) is 0 Å². The summed E-state index contributed by atoms with van der Waals surface area (Å²) >= 11 is 6.01. The molecular formula is C17H25ClN2. The van der Waals surface area contributed by atoms with Gasteiger partial charge in [-0.05, 0) is 44.4 Å². The number of benzene rings is 1. The molecule has 1 aromatic rings. The lowest BCUT2D eigenvalue weighted by Crippen LogP contribution is -2.62. The maximum atomic E-state index is 6.01. The first-order chi connectivity index (χ1) is 9.60. The first-order valence-corrected chi connectivity index (χ1v) is 8.24. The van der Waals surface area contributed by atoms with Crippen molar-refractivity contribution >= 4 is 11.6 Å². The second-order valence-corrected chi connectivity index (χ2v) is 7.05. The molecule has 1 heterocycles. The van der Waals surface area contributed by atoms with E-state index < -0.39 is 0 Å².